The molecule has 2 nitrogen and oxygen atoms in total. The van der Waals surface area contributed by atoms with Gasteiger partial charge in [-0.1, -0.05) is 41.9 Å². The molecule has 0 radical (unpaired) electrons. The van der Waals surface area contributed by atoms with Crippen LogP contribution >= 0.6 is 11.6 Å². The summed E-state index contributed by atoms with van der Waals surface area (Å²) in [4.78, 5) is 0. The van der Waals surface area contributed by atoms with Crippen molar-refractivity contribution in [3.05, 3.63) is 59.1 Å². The summed E-state index contributed by atoms with van der Waals surface area (Å²) in [6.07, 6.45) is 0. The molecule has 1 heterocycles. The lowest BCUT2D eigenvalue weighted by molar-refractivity contribution is 0.0939. The number of hydrogen-bond donors (Lipinski definition) is 1. The third kappa shape index (κ3) is 1.93. The zero-order chi connectivity index (χ0) is 12.6. The molecule has 0 fully saturated rings. The van der Waals surface area contributed by atoms with Gasteiger partial charge in [0.25, 0.3) is 0 Å². The molecule has 0 bridgehead atoms. The largest absolute Gasteiger partial charge is 0.479 e. The fraction of sp³-hybridized carbons (Fsp3) is 0.200. The average Bonchev–Trinajstić information content (AvgIpc) is 2.40. The predicted molar refractivity (Wildman–Crippen MR) is 74.4 cm³/mol. The lowest BCUT2D eigenvalue weighted by atomic mass is 9.94. The molecule has 0 aliphatic carbocycles. The first kappa shape index (κ1) is 11.4. The standard InChI is InChI=1S/C15H14ClNO/c1-15(11-5-3-2-4-6-11)10-17-13-9-12(16)7-8-14(13)18-15/h2-9,17H,10H2,1H3. The van der Waals surface area contributed by atoms with Gasteiger partial charge in [0.1, 0.15) is 11.4 Å². The van der Waals surface area contributed by atoms with Gasteiger partial charge in [-0.15, -0.1) is 0 Å². The van der Waals surface area contributed by atoms with E-state index in [0.29, 0.717) is 5.02 Å². The maximum absolute atomic E-state index is 6.14. The van der Waals surface area contributed by atoms with Gasteiger partial charge >= 0.3 is 0 Å². The van der Waals surface area contributed by atoms with E-state index in [1.807, 2.05) is 36.4 Å². The maximum Gasteiger partial charge on any atom is 0.148 e. The van der Waals surface area contributed by atoms with Crippen molar-refractivity contribution in [3.63, 3.8) is 0 Å². The van der Waals surface area contributed by atoms with Crippen LogP contribution in [0.25, 0.3) is 0 Å². The van der Waals surface area contributed by atoms with Crippen LogP contribution in [0.4, 0.5) is 5.69 Å². The van der Waals surface area contributed by atoms with Crippen molar-refractivity contribution in [2.24, 2.45) is 0 Å². The van der Waals surface area contributed by atoms with Gasteiger partial charge < -0.3 is 10.1 Å². The minimum absolute atomic E-state index is 0.345. The van der Waals surface area contributed by atoms with Crippen molar-refractivity contribution in [2.45, 2.75) is 12.5 Å². The second-order valence-corrected chi connectivity index (χ2v) is 5.13. The van der Waals surface area contributed by atoms with E-state index >= 15 is 0 Å². The third-order valence-corrected chi connectivity index (χ3v) is 3.51. The van der Waals surface area contributed by atoms with Crippen LogP contribution in [-0.2, 0) is 5.60 Å². The number of halogens is 1. The van der Waals surface area contributed by atoms with E-state index in [4.69, 9.17) is 16.3 Å². The minimum atomic E-state index is -0.345. The van der Waals surface area contributed by atoms with Crippen molar-refractivity contribution in [3.8, 4) is 5.75 Å². The van der Waals surface area contributed by atoms with Crippen LogP contribution < -0.4 is 10.1 Å². The van der Waals surface area contributed by atoms with Crippen molar-refractivity contribution in [1.82, 2.24) is 0 Å². The Morgan fingerprint density at radius 2 is 1.94 bits per heavy atom. The Bertz CT molecular complexity index is 570. The predicted octanol–water partition coefficient (Wildman–Crippen LogP) is 4.06. The Hall–Kier alpha value is -1.67. The van der Waals surface area contributed by atoms with Crippen molar-refractivity contribution in [1.29, 1.82) is 0 Å². The molecule has 1 aliphatic rings. The van der Waals surface area contributed by atoms with Gasteiger partial charge in [-0.25, -0.2) is 0 Å². The molecule has 0 spiro atoms. The molecule has 1 aliphatic heterocycles. The molecule has 2 aromatic carbocycles. The van der Waals surface area contributed by atoms with Crippen molar-refractivity contribution < 1.29 is 4.74 Å². The van der Waals surface area contributed by atoms with Crippen LogP contribution in [0.3, 0.4) is 0 Å². The van der Waals surface area contributed by atoms with Gasteiger partial charge in [-0.2, -0.15) is 0 Å². The van der Waals surface area contributed by atoms with E-state index in [1.165, 1.54) is 0 Å². The summed E-state index contributed by atoms with van der Waals surface area (Å²) in [6, 6.07) is 15.9. The van der Waals surface area contributed by atoms with Gasteiger partial charge in [0.2, 0.25) is 0 Å². The number of rotatable bonds is 1. The molecule has 1 unspecified atom stereocenters. The number of fused-ring (bicyclic) bond motifs is 1. The fourth-order valence-electron chi connectivity index (χ4n) is 2.22. The summed E-state index contributed by atoms with van der Waals surface area (Å²) in [5.41, 5.74) is 1.77. The Morgan fingerprint density at radius 1 is 1.17 bits per heavy atom. The summed E-state index contributed by atoms with van der Waals surface area (Å²) in [7, 11) is 0. The van der Waals surface area contributed by atoms with E-state index in [0.717, 1.165) is 23.5 Å². The monoisotopic (exact) mass is 259 g/mol. The molecule has 2 aromatic rings. The number of benzene rings is 2. The second kappa shape index (κ2) is 4.21. The van der Waals surface area contributed by atoms with Gasteiger partial charge in [0.15, 0.2) is 0 Å². The van der Waals surface area contributed by atoms with Crippen LogP contribution in [0.1, 0.15) is 12.5 Å². The molecule has 0 saturated carbocycles. The Balaban J connectivity index is 1.97. The van der Waals surface area contributed by atoms with E-state index in [1.54, 1.807) is 0 Å². The summed E-state index contributed by atoms with van der Waals surface area (Å²) < 4.78 is 6.14. The molecule has 0 amide bonds. The van der Waals surface area contributed by atoms with Crippen molar-refractivity contribution >= 4 is 17.3 Å². The lowest BCUT2D eigenvalue weighted by Gasteiger charge is -2.37. The molecule has 18 heavy (non-hydrogen) atoms. The first-order valence-corrected chi connectivity index (χ1v) is 6.33. The molecule has 0 saturated heterocycles. The number of ether oxygens (including phenoxy) is 1. The topological polar surface area (TPSA) is 21.3 Å². The number of nitrogens with one attached hydrogen (secondary N) is 1. The summed E-state index contributed by atoms with van der Waals surface area (Å²) >= 11 is 5.97. The van der Waals surface area contributed by atoms with Gasteiger partial charge in [0.05, 0.1) is 12.2 Å². The van der Waals surface area contributed by atoms with Crippen LogP contribution in [0.5, 0.6) is 5.75 Å². The normalized spacial score (nSPS) is 21.7. The van der Waals surface area contributed by atoms with E-state index in [9.17, 15) is 0 Å². The van der Waals surface area contributed by atoms with Crippen molar-refractivity contribution in [2.75, 3.05) is 11.9 Å². The van der Waals surface area contributed by atoms with E-state index in [-0.39, 0.29) is 5.60 Å². The summed E-state index contributed by atoms with van der Waals surface area (Å²) in [5.74, 6) is 0.844. The molecule has 92 valence electrons. The zero-order valence-electron chi connectivity index (χ0n) is 10.1. The molecular weight excluding hydrogens is 246 g/mol. The van der Waals surface area contributed by atoms with Gasteiger partial charge in [-0.05, 0) is 30.7 Å². The summed E-state index contributed by atoms with van der Waals surface area (Å²) in [5, 5.41) is 4.10. The van der Waals surface area contributed by atoms with Crippen LogP contribution in [0.15, 0.2) is 48.5 Å². The lowest BCUT2D eigenvalue weighted by Crippen LogP contribution is -2.40. The smallest absolute Gasteiger partial charge is 0.148 e. The molecule has 1 N–H and O–H groups in total. The quantitative estimate of drug-likeness (QED) is 0.834. The summed E-state index contributed by atoms with van der Waals surface area (Å²) in [6.45, 7) is 2.82. The van der Waals surface area contributed by atoms with E-state index in [2.05, 4.69) is 24.4 Å². The third-order valence-electron chi connectivity index (χ3n) is 3.28. The molecule has 0 aromatic heterocycles. The highest BCUT2D eigenvalue weighted by atomic mass is 35.5. The highest BCUT2D eigenvalue weighted by Gasteiger charge is 2.33. The van der Waals surface area contributed by atoms with Gasteiger partial charge in [-0.3, -0.25) is 0 Å². The van der Waals surface area contributed by atoms with Gasteiger partial charge in [0, 0.05) is 5.02 Å². The van der Waals surface area contributed by atoms with Crippen LogP contribution in [0.2, 0.25) is 5.02 Å². The fourth-order valence-corrected chi connectivity index (χ4v) is 2.40. The zero-order valence-corrected chi connectivity index (χ0v) is 10.9. The Kier molecular flexibility index (Phi) is 2.67. The molecule has 3 heteroatoms. The molecular formula is C15H14ClNO. The second-order valence-electron chi connectivity index (χ2n) is 4.69. The average molecular weight is 260 g/mol. The maximum atomic E-state index is 6.14. The van der Waals surface area contributed by atoms with E-state index < -0.39 is 0 Å². The molecule has 1 atom stereocenters. The highest BCUT2D eigenvalue weighted by Crippen LogP contribution is 2.38. The Labute approximate surface area is 112 Å². The highest BCUT2D eigenvalue weighted by molar-refractivity contribution is 6.30. The minimum Gasteiger partial charge on any atom is -0.479 e. The first-order valence-electron chi connectivity index (χ1n) is 5.95. The number of anilines is 1. The Morgan fingerprint density at radius 3 is 2.72 bits per heavy atom. The van der Waals surface area contributed by atoms with Crippen LogP contribution in [0, 0.1) is 0 Å². The SMILES string of the molecule is CC1(c2ccccc2)CNc2cc(Cl)ccc2O1. The van der Waals surface area contributed by atoms with Crippen LogP contribution in [-0.4, -0.2) is 6.54 Å². The number of hydrogen-bond acceptors (Lipinski definition) is 2. The first-order chi connectivity index (χ1) is 8.67. The molecule has 3 rings (SSSR count).